The van der Waals surface area contributed by atoms with Crippen LogP contribution in [0.4, 0.5) is 10.1 Å². The fraction of sp³-hybridized carbons (Fsp3) is 0.462. The highest BCUT2D eigenvalue weighted by atomic mass is 19.1. The monoisotopic (exact) mass is 238 g/mol. The summed E-state index contributed by atoms with van der Waals surface area (Å²) in [7, 11) is 0. The van der Waals surface area contributed by atoms with Crippen molar-refractivity contribution < 1.29 is 9.18 Å². The van der Waals surface area contributed by atoms with Crippen LogP contribution in [0, 0.1) is 12.7 Å². The Balaban J connectivity index is 2.37. The molecule has 0 spiro atoms. The number of anilines is 1. The van der Waals surface area contributed by atoms with E-state index in [1.807, 2.05) is 0 Å². The second kappa shape index (κ2) is 7.01. The van der Waals surface area contributed by atoms with E-state index in [9.17, 15) is 9.18 Å². The molecule has 0 saturated carbocycles. The zero-order chi connectivity index (χ0) is 12.7. The number of nitrogens with two attached hydrogens (primary N) is 1. The smallest absolute Gasteiger partial charge is 0.224 e. The number of hydrogen-bond donors (Lipinski definition) is 2. The maximum Gasteiger partial charge on any atom is 0.224 e. The minimum atomic E-state index is -0.258. The topological polar surface area (TPSA) is 55.1 Å². The van der Waals surface area contributed by atoms with E-state index in [0.29, 0.717) is 24.2 Å². The van der Waals surface area contributed by atoms with Crippen LogP contribution in [0.3, 0.4) is 0 Å². The van der Waals surface area contributed by atoms with Crippen LogP contribution in [-0.2, 0) is 4.79 Å². The van der Waals surface area contributed by atoms with Crippen LogP contribution in [0.2, 0.25) is 0 Å². The van der Waals surface area contributed by atoms with Gasteiger partial charge in [0.2, 0.25) is 5.91 Å². The Labute approximate surface area is 101 Å². The van der Waals surface area contributed by atoms with Gasteiger partial charge in [0, 0.05) is 12.1 Å². The van der Waals surface area contributed by atoms with Gasteiger partial charge in [0.1, 0.15) is 5.82 Å². The fourth-order valence-corrected chi connectivity index (χ4v) is 1.55. The molecule has 0 aliphatic rings. The van der Waals surface area contributed by atoms with Crippen LogP contribution in [0.1, 0.15) is 31.2 Å². The predicted molar refractivity (Wildman–Crippen MR) is 67.3 cm³/mol. The van der Waals surface area contributed by atoms with E-state index in [4.69, 9.17) is 5.73 Å². The molecule has 0 radical (unpaired) electrons. The van der Waals surface area contributed by atoms with Crippen LogP contribution in [0.5, 0.6) is 0 Å². The highest BCUT2D eigenvalue weighted by molar-refractivity contribution is 5.90. The summed E-state index contributed by atoms with van der Waals surface area (Å²) in [5.41, 5.74) is 6.54. The number of benzene rings is 1. The van der Waals surface area contributed by atoms with Crippen molar-refractivity contribution in [2.45, 2.75) is 32.6 Å². The van der Waals surface area contributed by atoms with Gasteiger partial charge in [-0.1, -0.05) is 6.42 Å². The minimum Gasteiger partial charge on any atom is -0.330 e. The standard InChI is InChI=1S/C13H19FN2O/c1-10-9-11(6-7-12(10)14)16-13(17)5-3-2-4-8-15/h6-7,9H,2-5,8,15H2,1H3,(H,16,17). The molecule has 0 bridgehead atoms. The molecule has 1 aromatic rings. The van der Waals surface area contributed by atoms with Crippen LogP contribution in [-0.4, -0.2) is 12.5 Å². The van der Waals surface area contributed by atoms with E-state index in [-0.39, 0.29) is 11.7 Å². The summed E-state index contributed by atoms with van der Waals surface area (Å²) in [4.78, 5) is 11.5. The molecule has 1 amide bonds. The Morgan fingerprint density at radius 2 is 2.12 bits per heavy atom. The zero-order valence-electron chi connectivity index (χ0n) is 10.1. The SMILES string of the molecule is Cc1cc(NC(=O)CCCCCN)ccc1F. The highest BCUT2D eigenvalue weighted by Gasteiger charge is 2.03. The number of unbranched alkanes of at least 4 members (excludes halogenated alkanes) is 2. The number of nitrogens with one attached hydrogen (secondary N) is 1. The summed E-state index contributed by atoms with van der Waals surface area (Å²) >= 11 is 0. The van der Waals surface area contributed by atoms with E-state index in [1.54, 1.807) is 19.1 Å². The number of halogens is 1. The Hall–Kier alpha value is -1.42. The van der Waals surface area contributed by atoms with E-state index >= 15 is 0 Å². The maximum absolute atomic E-state index is 13.0. The number of carbonyl (C=O) groups is 1. The summed E-state index contributed by atoms with van der Waals surface area (Å²) in [6.07, 6.45) is 3.23. The highest BCUT2D eigenvalue weighted by Crippen LogP contribution is 2.14. The summed E-state index contributed by atoms with van der Waals surface area (Å²) in [6, 6.07) is 4.56. The number of aryl methyl sites for hydroxylation is 1. The molecule has 0 aliphatic carbocycles. The van der Waals surface area contributed by atoms with Crippen LogP contribution < -0.4 is 11.1 Å². The van der Waals surface area contributed by atoms with Gasteiger partial charge in [-0.05, 0) is 50.1 Å². The van der Waals surface area contributed by atoms with Crippen molar-refractivity contribution in [2.75, 3.05) is 11.9 Å². The third-order valence-corrected chi connectivity index (χ3v) is 2.55. The Morgan fingerprint density at radius 1 is 1.35 bits per heavy atom. The molecule has 0 fully saturated rings. The molecule has 0 unspecified atom stereocenters. The molecule has 0 heterocycles. The Bertz CT molecular complexity index is 380. The first kappa shape index (κ1) is 13.6. The molecule has 94 valence electrons. The van der Waals surface area contributed by atoms with Crippen molar-refractivity contribution in [1.29, 1.82) is 0 Å². The fourth-order valence-electron chi connectivity index (χ4n) is 1.55. The molecule has 3 nitrogen and oxygen atoms in total. The molecular formula is C13H19FN2O. The molecule has 3 N–H and O–H groups in total. The number of hydrogen-bond acceptors (Lipinski definition) is 2. The third-order valence-electron chi connectivity index (χ3n) is 2.55. The van der Waals surface area contributed by atoms with Gasteiger partial charge < -0.3 is 11.1 Å². The lowest BCUT2D eigenvalue weighted by molar-refractivity contribution is -0.116. The largest absolute Gasteiger partial charge is 0.330 e. The van der Waals surface area contributed by atoms with Gasteiger partial charge in [-0.2, -0.15) is 0 Å². The summed E-state index contributed by atoms with van der Waals surface area (Å²) in [6.45, 7) is 2.34. The van der Waals surface area contributed by atoms with Crippen molar-refractivity contribution in [1.82, 2.24) is 0 Å². The maximum atomic E-state index is 13.0. The van der Waals surface area contributed by atoms with Crippen LogP contribution >= 0.6 is 0 Å². The summed E-state index contributed by atoms with van der Waals surface area (Å²) in [5, 5.41) is 2.75. The number of amides is 1. The molecule has 0 saturated heterocycles. The van der Waals surface area contributed by atoms with Crippen LogP contribution in [0.15, 0.2) is 18.2 Å². The lowest BCUT2D eigenvalue weighted by Crippen LogP contribution is -2.11. The van der Waals surface area contributed by atoms with Gasteiger partial charge >= 0.3 is 0 Å². The number of rotatable bonds is 6. The molecule has 17 heavy (non-hydrogen) atoms. The van der Waals surface area contributed by atoms with Gasteiger partial charge in [-0.3, -0.25) is 4.79 Å². The molecule has 0 aromatic heterocycles. The van der Waals surface area contributed by atoms with E-state index in [0.717, 1.165) is 19.3 Å². The Morgan fingerprint density at radius 3 is 2.76 bits per heavy atom. The minimum absolute atomic E-state index is 0.0342. The van der Waals surface area contributed by atoms with Crippen LogP contribution in [0.25, 0.3) is 0 Å². The number of carbonyl (C=O) groups excluding carboxylic acids is 1. The van der Waals surface area contributed by atoms with Gasteiger partial charge in [0.05, 0.1) is 0 Å². The molecule has 0 atom stereocenters. The van der Waals surface area contributed by atoms with Crippen molar-refractivity contribution in [2.24, 2.45) is 5.73 Å². The molecule has 4 heteroatoms. The lowest BCUT2D eigenvalue weighted by Gasteiger charge is -2.06. The first-order chi connectivity index (χ1) is 8.13. The Kier molecular flexibility index (Phi) is 5.63. The van der Waals surface area contributed by atoms with E-state index in [2.05, 4.69) is 5.32 Å². The third kappa shape index (κ3) is 4.95. The molecule has 0 aliphatic heterocycles. The quantitative estimate of drug-likeness (QED) is 0.748. The van der Waals surface area contributed by atoms with Gasteiger partial charge in [-0.15, -0.1) is 0 Å². The van der Waals surface area contributed by atoms with Gasteiger partial charge in [0.15, 0.2) is 0 Å². The van der Waals surface area contributed by atoms with Crippen molar-refractivity contribution in [3.8, 4) is 0 Å². The van der Waals surface area contributed by atoms with Gasteiger partial charge in [-0.25, -0.2) is 4.39 Å². The summed E-state index contributed by atoms with van der Waals surface area (Å²) < 4.78 is 13.0. The van der Waals surface area contributed by atoms with E-state index < -0.39 is 0 Å². The summed E-state index contributed by atoms with van der Waals surface area (Å²) in [5.74, 6) is -0.293. The average Bonchev–Trinajstić information content (AvgIpc) is 2.30. The zero-order valence-corrected chi connectivity index (χ0v) is 10.1. The van der Waals surface area contributed by atoms with Crippen molar-refractivity contribution in [3.05, 3.63) is 29.6 Å². The average molecular weight is 238 g/mol. The second-order valence-corrected chi connectivity index (χ2v) is 4.11. The van der Waals surface area contributed by atoms with Crippen molar-refractivity contribution >= 4 is 11.6 Å². The molecule has 1 aromatic carbocycles. The normalized spacial score (nSPS) is 10.3. The molecular weight excluding hydrogens is 219 g/mol. The second-order valence-electron chi connectivity index (χ2n) is 4.11. The van der Waals surface area contributed by atoms with Crippen molar-refractivity contribution in [3.63, 3.8) is 0 Å². The van der Waals surface area contributed by atoms with Gasteiger partial charge in [0.25, 0.3) is 0 Å². The predicted octanol–water partition coefficient (Wildman–Crippen LogP) is 2.59. The first-order valence-corrected chi connectivity index (χ1v) is 5.89. The molecule has 1 rings (SSSR count). The lowest BCUT2D eigenvalue weighted by atomic mass is 10.1. The first-order valence-electron chi connectivity index (χ1n) is 5.89. The van der Waals surface area contributed by atoms with E-state index in [1.165, 1.54) is 6.07 Å².